The van der Waals surface area contributed by atoms with E-state index in [1.165, 1.54) is 0 Å². The van der Waals surface area contributed by atoms with Gasteiger partial charge in [-0.1, -0.05) is 19.9 Å². The minimum absolute atomic E-state index is 0.0325. The molecule has 1 aromatic carbocycles. The Morgan fingerprint density at radius 1 is 1.35 bits per heavy atom. The predicted molar refractivity (Wildman–Crippen MR) is 80.1 cm³/mol. The number of halogens is 1. The molecule has 0 radical (unpaired) electrons. The van der Waals surface area contributed by atoms with Crippen molar-refractivity contribution in [3.05, 3.63) is 27.8 Å². The molecule has 0 aliphatic heterocycles. The summed E-state index contributed by atoms with van der Waals surface area (Å²) in [5.41, 5.74) is 0.976. The van der Waals surface area contributed by atoms with Gasteiger partial charge in [0.05, 0.1) is 6.54 Å². The van der Waals surface area contributed by atoms with Gasteiger partial charge in [-0.05, 0) is 53.6 Å². The third-order valence-corrected chi connectivity index (χ3v) is 3.34. The van der Waals surface area contributed by atoms with Gasteiger partial charge < -0.3 is 10.6 Å². The van der Waals surface area contributed by atoms with Crippen LogP contribution in [-0.4, -0.2) is 18.5 Å². The maximum atomic E-state index is 11.6. The summed E-state index contributed by atoms with van der Waals surface area (Å²) in [6.07, 6.45) is 0. The van der Waals surface area contributed by atoms with E-state index in [0.29, 0.717) is 12.5 Å². The zero-order valence-electron chi connectivity index (χ0n) is 10.5. The Labute approximate surface area is 117 Å². The topological polar surface area (TPSA) is 41.1 Å². The summed E-state index contributed by atoms with van der Waals surface area (Å²) in [6, 6.07) is 8.17. The van der Waals surface area contributed by atoms with Crippen LogP contribution >= 0.6 is 22.6 Å². The van der Waals surface area contributed by atoms with Gasteiger partial charge >= 0.3 is 0 Å². The molecule has 0 spiro atoms. The van der Waals surface area contributed by atoms with Gasteiger partial charge in [0.2, 0.25) is 5.91 Å². The minimum atomic E-state index is 0.0325. The number of carbonyl (C=O) groups is 1. The van der Waals surface area contributed by atoms with E-state index in [9.17, 15) is 4.79 Å². The Bertz CT molecular complexity index is 379. The number of nitrogens with one attached hydrogen (secondary N) is 2. The van der Waals surface area contributed by atoms with Gasteiger partial charge in [0.25, 0.3) is 0 Å². The number of amides is 1. The molecule has 4 heteroatoms. The van der Waals surface area contributed by atoms with Crippen molar-refractivity contribution in [2.45, 2.75) is 26.8 Å². The molecule has 0 aliphatic carbocycles. The molecule has 17 heavy (non-hydrogen) atoms. The molecule has 1 unspecified atom stereocenters. The Hall–Kier alpha value is -0.780. The molecule has 1 atom stereocenters. The van der Waals surface area contributed by atoms with Crippen molar-refractivity contribution < 1.29 is 4.79 Å². The summed E-state index contributed by atoms with van der Waals surface area (Å²) < 4.78 is 1.16. The molecule has 0 fully saturated rings. The van der Waals surface area contributed by atoms with Crippen LogP contribution in [0.2, 0.25) is 0 Å². The smallest absolute Gasteiger partial charge is 0.239 e. The Balaban J connectivity index is 2.38. The number of hydrogen-bond acceptors (Lipinski definition) is 2. The van der Waals surface area contributed by atoms with Gasteiger partial charge in [0.15, 0.2) is 0 Å². The number of benzene rings is 1. The maximum absolute atomic E-state index is 11.6. The monoisotopic (exact) mass is 346 g/mol. The summed E-state index contributed by atoms with van der Waals surface area (Å²) in [5.74, 6) is 0.488. The fourth-order valence-electron chi connectivity index (χ4n) is 1.25. The van der Waals surface area contributed by atoms with E-state index in [1.807, 2.05) is 31.2 Å². The van der Waals surface area contributed by atoms with Gasteiger partial charge in [-0.3, -0.25) is 4.79 Å². The predicted octanol–water partition coefficient (Wildman–Crippen LogP) is 2.86. The first kappa shape index (κ1) is 14.3. The zero-order valence-corrected chi connectivity index (χ0v) is 12.6. The van der Waals surface area contributed by atoms with Crippen LogP contribution in [0.1, 0.15) is 20.8 Å². The molecule has 94 valence electrons. The third kappa shape index (κ3) is 5.39. The highest BCUT2D eigenvalue weighted by Crippen LogP contribution is 2.11. The summed E-state index contributed by atoms with van der Waals surface area (Å²) in [4.78, 5) is 11.6. The standard InChI is InChI=1S/C13H19IN2O/c1-9(2)10(3)16-13(17)8-15-12-6-4-5-11(14)7-12/h4-7,9-10,15H,8H2,1-3H3,(H,16,17). The van der Waals surface area contributed by atoms with E-state index in [2.05, 4.69) is 47.1 Å². The summed E-state index contributed by atoms with van der Waals surface area (Å²) in [6.45, 7) is 6.53. The van der Waals surface area contributed by atoms with Crippen molar-refractivity contribution in [3.63, 3.8) is 0 Å². The zero-order chi connectivity index (χ0) is 12.8. The SMILES string of the molecule is CC(C)C(C)NC(=O)CNc1cccc(I)c1. The second-order valence-electron chi connectivity index (χ2n) is 4.46. The van der Waals surface area contributed by atoms with Crippen LogP contribution in [0.15, 0.2) is 24.3 Å². The van der Waals surface area contributed by atoms with E-state index in [-0.39, 0.29) is 11.9 Å². The molecule has 2 N–H and O–H groups in total. The first-order valence-electron chi connectivity index (χ1n) is 5.78. The van der Waals surface area contributed by atoms with E-state index in [1.54, 1.807) is 0 Å². The quantitative estimate of drug-likeness (QED) is 0.805. The number of anilines is 1. The summed E-state index contributed by atoms with van der Waals surface area (Å²) in [5, 5.41) is 6.07. The molecule has 0 bridgehead atoms. The van der Waals surface area contributed by atoms with Crippen molar-refractivity contribution >= 4 is 34.2 Å². The highest BCUT2D eigenvalue weighted by Gasteiger charge is 2.10. The molecule has 0 aliphatic rings. The van der Waals surface area contributed by atoms with Gasteiger partial charge in [-0.15, -0.1) is 0 Å². The lowest BCUT2D eigenvalue weighted by Gasteiger charge is -2.17. The highest BCUT2D eigenvalue weighted by molar-refractivity contribution is 14.1. The van der Waals surface area contributed by atoms with Crippen LogP contribution in [0.4, 0.5) is 5.69 Å². The third-order valence-electron chi connectivity index (χ3n) is 2.67. The molecule has 1 aromatic rings. The minimum Gasteiger partial charge on any atom is -0.376 e. The van der Waals surface area contributed by atoms with Crippen LogP contribution in [0, 0.1) is 9.49 Å². The van der Waals surface area contributed by atoms with Crippen LogP contribution < -0.4 is 10.6 Å². The Morgan fingerprint density at radius 3 is 2.65 bits per heavy atom. The summed E-state index contributed by atoms with van der Waals surface area (Å²) >= 11 is 2.25. The lowest BCUT2D eigenvalue weighted by Crippen LogP contribution is -2.39. The maximum Gasteiger partial charge on any atom is 0.239 e. The van der Waals surface area contributed by atoms with Crippen LogP contribution in [0.25, 0.3) is 0 Å². The van der Waals surface area contributed by atoms with Gasteiger partial charge in [0.1, 0.15) is 0 Å². The molecule has 0 saturated carbocycles. The lowest BCUT2D eigenvalue weighted by molar-refractivity contribution is -0.120. The number of rotatable bonds is 5. The van der Waals surface area contributed by atoms with Gasteiger partial charge in [0, 0.05) is 15.3 Å². The largest absolute Gasteiger partial charge is 0.376 e. The van der Waals surface area contributed by atoms with Gasteiger partial charge in [-0.2, -0.15) is 0 Å². The molecular formula is C13H19IN2O. The molecule has 1 rings (SSSR count). The second kappa shape index (κ2) is 6.83. The molecular weight excluding hydrogens is 327 g/mol. The van der Waals surface area contributed by atoms with Crippen LogP contribution in [-0.2, 0) is 4.79 Å². The van der Waals surface area contributed by atoms with E-state index >= 15 is 0 Å². The first-order valence-corrected chi connectivity index (χ1v) is 6.85. The second-order valence-corrected chi connectivity index (χ2v) is 5.71. The molecule has 0 heterocycles. The normalized spacial score (nSPS) is 12.3. The van der Waals surface area contributed by atoms with Crippen molar-refractivity contribution in [2.75, 3.05) is 11.9 Å². The van der Waals surface area contributed by atoms with Crippen molar-refractivity contribution in [3.8, 4) is 0 Å². The fourth-order valence-corrected chi connectivity index (χ4v) is 1.80. The Morgan fingerprint density at radius 2 is 2.06 bits per heavy atom. The lowest BCUT2D eigenvalue weighted by atomic mass is 10.1. The Kier molecular flexibility index (Phi) is 5.74. The van der Waals surface area contributed by atoms with Crippen molar-refractivity contribution in [1.82, 2.24) is 5.32 Å². The molecule has 1 amide bonds. The van der Waals surface area contributed by atoms with E-state index < -0.39 is 0 Å². The molecule has 0 aromatic heterocycles. The van der Waals surface area contributed by atoms with Crippen LogP contribution in [0.3, 0.4) is 0 Å². The van der Waals surface area contributed by atoms with E-state index in [4.69, 9.17) is 0 Å². The number of hydrogen-bond donors (Lipinski definition) is 2. The van der Waals surface area contributed by atoms with Crippen LogP contribution in [0.5, 0.6) is 0 Å². The van der Waals surface area contributed by atoms with Gasteiger partial charge in [-0.25, -0.2) is 0 Å². The highest BCUT2D eigenvalue weighted by atomic mass is 127. The average molecular weight is 346 g/mol. The number of carbonyl (C=O) groups excluding carboxylic acids is 1. The molecule has 3 nitrogen and oxygen atoms in total. The first-order chi connectivity index (χ1) is 7.99. The van der Waals surface area contributed by atoms with Crippen molar-refractivity contribution in [2.24, 2.45) is 5.92 Å². The average Bonchev–Trinajstić information content (AvgIpc) is 2.26. The summed E-state index contributed by atoms with van der Waals surface area (Å²) in [7, 11) is 0. The van der Waals surface area contributed by atoms with E-state index in [0.717, 1.165) is 9.26 Å². The van der Waals surface area contributed by atoms with Crippen molar-refractivity contribution in [1.29, 1.82) is 0 Å². The molecule has 0 saturated heterocycles. The fraction of sp³-hybridized carbons (Fsp3) is 0.462.